The first-order valence-corrected chi connectivity index (χ1v) is 8.68. The van der Waals surface area contributed by atoms with Crippen molar-refractivity contribution in [2.75, 3.05) is 20.1 Å². The molecule has 0 aromatic carbocycles. The fourth-order valence-corrected chi connectivity index (χ4v) is 3.82. The Bertz CT molecular complexity index is 512. The maximum atomic E-state index is 12.7. The van der Waals surface area contributed by atoms with Crippen LogP contribution in [0.2, 0.25) is 0 Å². The Labute approximate surface area is 145 Å². The zero-order valence-corrected chi connectivity index (χ0v) is 15.0. The maximum Gasteiger partial charge on any atom is 0.274 e. The summed E-state index contributed by atoms with van der Waals surface area (Å²) in [5.74, 6) is 0.793. The van der Waals surface area contributed by atoms with Gasteiger partial charge in [-0.3, -0.25) is 9.48 Å². The molecule has 1 aliphatic heterocycles. The molecule has 0 radical (unpaired) electrons. The van der Waals surface area contributed by atoms with Crippen molar-refractivity contribution in [1.82, 2.24) is 20.0 Å². The topological polar surface area (TPSA) is 50.2 Å². The molecule has 3 atom stereocenters. The molecule has 5 nitrogen and oxygen atoms in total. The first-order chi connectivity index (χ1) is 10.6. The van der Waals surface area contributed by atoms with Crippen molar-refractivity contribution in [3.63, 3.8) is 0 Å². The summed E-state index contributed by atoms with van der Waals surface area (Å²) in [5, 5.41) is 7.95. The van der Waals surface area contributed by atoms with Crippen molar-refractivity contribution < 1.29 is 4.79 Å². The van der Waals surface area contributed by atoms with Gasteiger partial charge in [0.25, 0.3) is 5.91 Å². The summed E-state index contributed by atoms with van der Waals surface area (Å²) in [6.45, 7) is 4.33. The first-order valence-electron chi connectivity index (χ1n) is 8.68. The second-order valence-electron chi connectivity index (χ2n) is 7.02. The molecular weight excluding hydrogens is 312 g/mol. The first kappa shape index (κ1) is 18.3. The number of halogens is 1. The van der Waals surface area contributed by atoms with E-state index in [1.165, 1.54) is 19.3 Å². The molecule has 3 rings (SSSR count). The summed E-state index contributed by atoms with van der Waals surface area (Å²) in [5.41, 5.74) is 0.589. The van der Waals surface area contributed by atoms with E-state index in [2.05, 4.69) is 17.3 Å². The number of nitrogens with one attached hydrogen (secondary N) is 1. The number of piperidine rings is 1. The van der Waals surface area contributed by atoms with Crippen LogP contribution in [0.3, 0.4) is 0 Å². The van der Waals surface area contributed by atoms with Crippen LogP contribution in [0.15, 0.2) is 12.3 Å². The zero-order chi connectivity index (χ0) is 15.5. The second kappa shape index (κ2) is 8.15. The largest absolute Gasteiger partial charge is 0.337 e. The zero-order valence-electron chi connectivity index (χ0n) is 14.2. The average Bonchev–Trinajstić information content (AvgIpc) is 3.04. The molecule has 3 unspecified atom stereocenters. The Morgan fingerprint density at radius 1 is 1.35 bits per heavy atom. The van der Waals surface area contributed by atoms with Crippen LogP contribution in [0.4, 0.5) is 0 Å². The van der Waals surface area contributed by atoms with E-state index in [0.717, 1.165) is 38.3 Å². The minimum absolute atomic E-state index is 0. The highest BCUT2D eigenvalue weighted by Gasteiger charge is 2.27. The molecule has 1 aromatic heterocycles. The molecule has 0 spiro atoms. The van der Waals surface area contributed by atoms with Gasteiger partial charge in [-0.1, -0.05) is 19.8 Å². The molecule has 1 saturated heterocycles. The average molecular weight is 341 g/mol. The van der Waals surface area contributed by atoms with Gasteiger partial charge in [-0.15, -0.1) is 12.4 Å². The molecule has 1 aromatic rings. The van der Waals surface area contributed by atoms with Gasteiger partial charge in [0.1, 0.15) is 5.69 Å². The molecule has 23 heavy (non-hydrogen) atoms. The SMILES string of the molecule is CC1CCCC(N(C)C(=O)c2ccn(C3CCCNC3)n2)C1.Cl. The third kappa shape index (κ3) is 4.27. The van der Waals surface area contributed by atoms with Crippen LogP contribution in [0.25, 0.3) is 0 Å². The highest BCUT2D eigenvalue weighted by molar-refractivity contribution is 5.92. The lowest BCUT2D eigenvalue weighted by Crippen LogP contribution is -2.40. The summed E-state index contributed by atoms with van der Waals surface area (Å²) < 4.78 is 1.97. The van der Waals surface area contributed by atoms with Gasteiger partial charge >= 0.3 is 0 Å². The predicted molar refractivity (Wildman–Crippen MR) is 94.1 cm³/mol. The van der Waals surface area contributed by atoms with Gasteiger partial charge in [0, 0.05) is 25.8 Å². The van der Waals surface area contributed by atoms with Gasteiger partial charge in [0.05, 0.1) is 6.04 Å². The summed E-state index contributed by atoms with van der Waals surface area (Å²) in [4.78, 5) is 14.6. The molecule has 1 N–H and O–H groups in total. The fraction of sp³-hybridized carbons (Fsp3) is 0.765. The number of hydrogen-bond acceptors (Lipinski definition) is 3. The van der Waals surface area contributed by atoms with E-state index in [4.69, 9.17) is 0 Å². The number of carbonyl (C=O) groups is 1. The minimum atomic E-state index is 0. The van der Waals surface area contributed by atoms with Gasteiger partial charge < -0.3 is 10.2 Å². The Balaban J connectivity index is 0.00000192. The van der Waals surface area contributed by atoms with Gasteiger partial charge in [-0.25, -0.2) is 0 Å². The fourth-order valence-electron chi connectivity index (χ4n) is 3.82. The molecule has 1 aliphatic carbocycles. The van der Waals surface area contributed by atoms with Crippen LogP contribution < -0.4 is 5.32 Å². The Morgan fingerprint density at radius 2 is 2.17 bits per heavy atom. The number of rotatable bonds is 3. The van der Waals surface area contributed by atoms with Crippen LogP contribution in [-0.4, -0.2) is 46.8 Å². The lowest BCUT2D eigenvalue weighted by molar-refractivity contribution is 0.0665. The van der Waals surface area contributed by atoms with Crippen LogP contribution >= 0.6 is 12.4 Å². The monoisotopic (exact) mass is 340 g/mol. The number of nitrogens with zero attached hydrogens (tertiary/aromatic N) is 3. The van der Waals surface area contributed by atoms with Crippen LogP contribution in [0.1, 0.15) is 62.0 Å². The highest BCUT2D eigenvalue weighted by atomic mass is 35.5. The van der Waals surface area contributed by atoms with Crippen molar-refractivity contribution in [3.8, 4) is 0 Å². The number of hydrogen-bond donors (Lipinski definition) is 1. The molecule has 1 saturated carbocycles. The quantitative estimate of drug-likeness (QED) is 0.920. The second-order valence-corrected chi connectivity index (χ2v) is 7.02. The van der Waals surface area contributed by atoms with Crippen LogP contribution in [0.5, 0.6) is 0 Å². The third-order valence-corrected chi connectivity index (χ3v) is 5.25. The lowest BCUT2D eigenvalue weighted by Gasteiger charge is -2.33. The summed E-state index contributed by atoms with van der Waals surface area (Å²) >= 11 is 0. The smallest absolute Gasteiger partial charge is 0.274 e. The number of aromatic nitrogens is 2. The molecule has 1 amide bonds. The predicted octanol–water partition coefficient (Wildman–Crippen LogP) is 2.88. The van der Waals surface area contributed by atoms with Crippen molar-refractivity contribution >= 4 is 18.3 Å². The van der Waals surface area contributed by atoms with Gasteiger partial charge in [0.2, 0.25) is 0 Å². The number of carbonyl (C=O) groups excluding carboxylic acids is 1. The molecule has 6 heteroatoms. The normalized spacial score (nSPS) is 28.0. The van der Waals surface area contributed by atoms with E-state index >= 15 is 0 Å². The minimum Gasteiger partial charge on any atom is -0.337 e. The lowest BCUT2D eigenvalue weighted by atomic mass is 9.86. The molecule has 0 bridgehead atoms. The van der Waals surface area contributed by atoms with E-state index in [9.17, 15) is 4.79 Å². The van der Waals surface area contributed by atoms with Crippen molar-refractivity contribution in [2.24, 2.45) is 5.92 Å². The van der Waals surface area contributed by atoms with Crippen LogP contribution in [0, 0.1) is 5.92 Å². The number of amides is 1. The van der Waals surface area contributed by atoms with Crippen molar-refractivity contribution in [3.05, 3.63) is 18.0 Å². The summed E-state index contributed by atoms with van der Waals surface area (Å²) in [7, 11) is 1.94. The summed E-state index contributed by atoms with van der Waals surface area (Å²) in [6, 6.07) is 2.63. The molecular formula is C17H29ClN4O. The Morgan fingerprint density at radius 3 is 2.87 bits per heavy atom. The van der Waals surface area contributed by atoms with E-state index in [1.807, 2.05) is 28.9 Å². The van der Waals surface area contributed by atoms with E-state index in [1.54, 1.807) is 0 Å². The van der Waals surface area contributed by atoms with Crippen molar-refractivity contribution in [2.45, 2.75) is 57.5 Å². The molecule has 2 heterocycles. The van der Waals surface area contributed by atoms with E-state index < -0.39 is 0 Å². The molecule has 2 aliphatic rings. The van der Waals surface area contributed by atoms with Gasteiger partial charge in [-0.2, -0.15) is 5.10 Å². The Kier molecular flexibility index (Phi) is 6.48. The van der Waals surface area contributed by atoms with E-state index in [-0.39, 0.29) is 18.3 Å². The van der Waals surface area contributed by atoms with Gasteiger partial charge in [0.15, 0.2) is 0 Å². The van der Waals surface area contributed by atoms with Gasteiger partial charge in [-0.05, 0) is 44.2 Å². The highest BCUT2D eigenvalue weighted by Crippen LogP contribution is 2.27. The molecule has 130 valence electrons. The third-order valence-electron chi connectivity index (χ3n) is 5.25. The summed E-state index contributed by atoms with van der Waals surface area (Å²) in [6.07, 6.45) is 9.04. The maximum absolute atomic E-state index is 12.7. The van der Waals surface area contributed by atoms with Crippen molar-refractivity contribution in [1.29, 1.82) is 0 Å². The van der Waals surface area contributed by atoms with E-state index in [0.29, 0.717) is 17.8 Å². The van der Waals surface area contributed by atoms with Crippen LogP contribution in [-0.2, 0) is 0 Å². The Hall–Kier alpha value is -1.07. The molecule has 2 fully saturated rings. The standard InChI is InChI=1S/C17H28N4O.ClH/c1-13-5-3-6-14(11-13)20(2)17(22)16-8-10-21(19-16)15-7-4-9-18-12-15;/h8,10,13-15,18H,3-7,9,11-12H2,1-2H3;1H.